The molecule has 3 amide bonds. The van der Waals surface area contributed by atoms with Crippen molar-refractivity contribution in [3.63, 3.8) is 0 Å². The van der Waals surface area contributed by atoms with Crippen molar-refractivity contribution < 1.29 is 23.9 Å². The highest BCUT2D eigenvalue weighted by Crippen LogP contribution is 2.42. The number of hydrogen-bond acceptors (Lipinski definition) is 5. The van der Waals surface area contributed by atoms with Gasteiger partial charge in [-0.2, -0.15) is 0 Å². The first-order valence-electron chi connectivity index (χ1n) is 10.5. The Morgan fingerprint density at radius 3 is 2.34 bits per heavy atom. The molecule has 0 radical (unpaired) electrons. The van der Waals surface area contributed by atoms with E-state index in [9.17, 15) is 19.2 Å². The number of amides is 3. The van der Waals surface area contributed by atoms with Gasteiger partial charge in [0.05, 0.1) is 23.1 Å². The average Bonchev–Trinajstić information content (AvgIpc) is 3.03. The molecule has 0 spiro atoms. The Balaban J connectivity index is 1.35. The molecular weight excluding hydrogens is 432 g/mol. The number of rotatable bonds is 5. The van der Waals surface area contributed by atoms with E-state index in [0.717, 1.165) is 19.3 Å². The third kappa shape index (κ3) is 4.53. The van der Waals surface area contributed by atoms with E-state index < -0.39 is 18.5 Å². The van der Waals surface area contributed by atoms with Gasteiger partial charge in [-0.1, -0.05) is 18.5 Å². The first-order chi connectivity index (χ1) is 15.3. The number of hydrogen-bond donors (Lipinski definition) is 1. The summed E-state index contributed by atoms with van der Waals surface area (Å²) in [6, 6.07) is 12.6. The summed E-state index contributed by atoms with van der Waals surface area (Å²) >= 11 is 5.80. The highest BCUT2D eigenvalue weighted by Gasteiger charge is 2.49. The summed E-state index contributed by atoms with van der Waals surface area (Å²) in [5, 5.41) is 3.15. The summed E-state index contributed by atoms with van der Waals surface area (Å²) in [7, 11) is 0. The van der Waals surface area contributed by atoms with Gasteiger partial charge in [-0.15, -0.1) is 0 Å². The van der Waals surface area contributed by atoms with Gasteiger partial charge in [0, 0.05) is 10.7 Å². The van der Waals surface area contributed by atoms with Gasteiger partial charge in [0.15, 0.2) is 6.61 Å². The Morgan fingerprint density at radius 2 is 1.66 bits per heavy atom. The monoisotopic (exact) mass is 454 g/mol. The minimum absolute atomic E-state index is 0.166. The Labute approximate surface area is 190 Å². The molecule has 7 nitrogen and oxygen atoms in total. The number of nitrogens with one attached hydrogen (secondary N) is 1. The Morgan fingerprint density at radius 1 is 1.00 bits per heavy atom. The molecule has 0 unspecified atom stereocenters. The highest BCUT2D eigenvalue weighted by molar-refractivity contribution is 6.30. The molecule has 2 fully saturated rings. The van der Waals surface area contributed by atoms with E-state index in [1.807, 2.05) is 0 Å². The second kappa shape index (κ2) is 9.12. The van der Waals surface area contributed by atoms with Crippen molar-refractivity contribution >= 4 is 46.7 Å². The van der Waals surface area contributed by atoms with E-state index in [-0.39, 0.29) is 29.2 Å². The van der Waals surface area contributed by atoms with Crippen LogP contribution in [-0.4, -0.2) is 30.3 Å². The number of carbonyl (C=O) groups is 4. The molecule has 0 aromatic heterocycles. The Kier molecular flexibility index (Phi) is 6.28. The van der Waals surface area contributed by atoms with Gasteiger partial charge < -0.3 is 10.1 Å². The minimum Gasteiger partial charge on any atom is -0.452 e. The number of anilines is 2. The van der Waals surface area contributed by atoms with Gasteiger partial charge in [-0.05, 0) is 73.7 Å². The van der Waals surface area contributed by atoms with Gasteiger partial charge in [0.2, 0.25) is 11.8 Å². The molecule has 8 heteroatoms. The molecule has 166 valence electrons. The number of nitrogens with zero attached hydrogens (tertiary/aromatic N) is 1. The number of ether oxygens (including phenoxy) is 1. The normalized spacial score (nSPS) is 22.4. The molecule has 1 aliphatic carbocycles. The van der Waals surface area contributed by atoms with E-state index in [1.165, 1.54) is 17.0 Å². The van der Waals surface area contributed by atoms with Crippen molar-refractivity contribution in [2.45, 2.75) is 26.2 Å². The summed E-state index contributed by atoms with van der Waals surface area (Å²) in [5.74, 6) is -1.56. The van der Waals surface area contributed by atoms with Crippen LogP contribution in [0.2, 0.25) is 5.02 Å². The molecule has 1 saturated heterocycles. The van der Waals surface area contributed by atoms with Crippen LogP contribution in [0.15, 0.2) is 48.5 Å². The number of benzene rings is 2. The van der Waals surface area contributed by atoms with E-state index >= 15 is 0 Å². The maximum Gasteiger partial charge on any atom is 0.338 e. The van der Waals surface area contributed by atoms with Crippen LogP contribution in [0.25, 0.3) is 0 Å². The maximum absolute atomic E-state index is 12.8. The van der Waals surface area contributed by atoms with Crippen molar-refractivity contribution in [3.8, 4) is 0 Å². The summed E-state index contributed by atoms with van der Waals surface area (Å²) in [4.78, 5) is 51.1. The quantitative estimate of drug-likeness (QED) is 0.543. The van der Waals surface area contributed by atoms with Crippen LogP contribution in [0, 0.1) is 17.8 Å². The third-order valence-corrected chi connectivity index (χ3v) is 6.26. The zero-order chi connectivity index (χ0) is 22.8. The molecule has 0 bridgehead atoms. The standard InChI is InChI=1S/C24H23ClN2O5/c1-14-2-11-19-20(12-14)23(30)27(22(19)29)18-9-3-15(4-10-18)24(31)32-13-21(28)26-17-7-5-16(25)6-8-17/h3-10,14,19-20H,2,11-13H2,1H3,(H,26,28)/t14-,19+,20+/m1/s1. The Bertz CT molecular complexity index is 1050. The van der Waals surface area contributed by atoms with E-state index in [1.54, 1.807) is 36.4 Å². The summed E-state index contributed by atoms with van der Waals surface area (Å²) in [6.07, 6.45) is 2.41. The lowest BCUT2D eigenvalue weighted by Gasteiger charge is -2.25. The second-order valence-corrected chi connectivity index (χ2v) is 8.76. The molecule has 4 rings (SSSR count). The highest BCUT2D eigenvalue weighted by atomic mass is 35.5. The van der Waals surface area contributed by atoms with Crippen LogP contribution >= 0.6 is 11.6 Å². The number of esters is 1. The number of fused-ring (bicyclic) bond motifs is 1. The number of carbonyl (C=O) groups excluding carboxylic acids is 4. The smallest absolute Gasteiger partial charge is 0.338 e. The predicted molar refractivity (Wildman–Crippen MR) is 119 cm³/mol. The van der Waals surface area contributed by atoms with Crippen LogP contribution in [0.4, 0.5) is 11.4 Å². The third-order valence-electron chi connectivity index (χ3n) is 6.01. The SMILES string of the molecule is C[C@@H]1CC[C@@H]2C(=O)N(c3ccc(C(=O)OCC(=O)Nc4ccc(Cl)cc4)cc3)C(=O)[C@H]2C1. The number of imide groups is 1. The summed E-state index contributed by atoms with van der Waals surface area (Å²) in [5.41, 5.74) is 1.20. The van der Waals surface area contributed by atoms with Crippen molar-refractivity contribution in [2.75, 3.05) is 16.8 Å². The molecule has 1 saturated carbocycles. The van der Waals surface area contributed by atoms with Gasteiger partial charge in [0.25, 0.3) is 5.91 Å². The maximum atomic E-state index is 12.8. The topological polar surface area (TPSA) is 92.8 Å². The van der Waals surface area contributed by atoms with Crippen molar-refractivity contribution in [2.24, 2.45) is 17.8 Å². The van der Waals surface area contributed by atoms with E-state index in [4.69, 9.17) is 16.3 Å². The molecule has 2 aromatic carbocycles. The first-order valence-corrected chi connectivity index (χ1v) is 10.9. The zero-order valence-corrected chi connectivity index (χ0v) is 18.3. The van der Waals surface area contributed by atoms with E-state index in [2.05, 4.69) is 12.2 Å². The lowest BCUT2D eigenvalue weighted by Crippen LogP contribution is -2.30. The molecule has 2 aromatic rings. The largest absolute Gasteiger partial charge is 0.452 e. The van der Waals surface area contributed by atoms with Gasteiger partial charge in [-0.3, -0.25) is 19.3 Å². The summed E-state index contributed by atoms with van der Waals surface area (Å²) < 4.78 is 5.06. The second-order valence-electron chi connectivity index (χ2n) is 8.32. The minimum atomic E-state index is -0.677. The summed E-state index contributed by atoms with van der Waals surface area (Å²) in [6.45, 7) is 1.65. The number of halogens is 1. The first kappa shape index (κ1) is 22.0. The zero-order valence-electron chi connectivity index (χ0n) is 17.5. The molecule has 1 N–H and O–H groups in total. The molecular formula is C24H23ClN2O5. The van der Waals surface area contributed by atoms with Crippen molar-refractivity contribution in [1.29, 1.82) is 0 Å². The van der Waals surface area contributed by atoms with Crippen LogP contribution in [-0.2, 0) is 19.1 Å². The van der Waals surface area contributed by atoms with Crippen LogP contribution in [0.5, 0.6) is 0 Å². The molecule has 2 aliphatic rings. The van der Waals surface area contributed by atoms with Gasteiger partial charge in [-0.25, -0.2) is 4.79 Å². The molecule has 1 heterocycles. The average molecular weight is 455 g/mol. The lowest BCUT2D eigenvalue weighted by molar-refractivity contribution is -0.122. The van der Waals surface area contributed by atoms with Crippen LogP contribution in [0.3, 0.4) is 0 Å². The van der Waals surface area contributed by atoms with Crippen molar-refractivity contribution in [3.05, 3.63) is 59.1 Å². The Hall–Kier alpha value is -3.19. The van der Waals surface area contributed by atoms with Crippen molar-refractivity contribution in [1.82, 2.24) is 0 Å². The molecule has 32 heavy (non-hydrogen) atoms. The molecule has 1 aliphatic heterocycles. The fourth-order valence-corrected chi connectivity index (χ4v) is 4.46. The van der Waals surface area contributed by atoms with E-state index in [0.29, 0.717) is 22.3 Å². The predicted octanol–water partition coefficient (Wildman–Crippen LogP) is 4.06. The fourth-order valence-electron chi connectivity index (χ4n) is 4.34. The fraction of sp³-hybridized carbons (Fsp3) is 0.333. The van der Waals surface area contributed by atoms with Crippen LogP contribution < -0.4 is 10.2 Å². The molecule has 3 atom stereocenters. The van der Waals surface area contributed by atoms with Crippen LogP contribution in [0.1, 0.15) is 36.5 Å². The van der Waals surface area contributed by atoms with Gasteiger partial charge in [0.1, 0.15) is 0 Å². The lowest BCUT2D eigenvalue weighted by atomic mass is 9.76. The van der Waals surface area contributed by atoms with Gasteiger partial charge >= 0.3 is 5.97 Å².